The van der Waals surface area contributed by atoms with Crippen molar-refractivity contribution in [1.82, 2.24) is 15.0 Å². The smallest absolute Gasteiger partial charge is 0.323 e. The molecule has 0 amide bonds. The van der Waals surface area contributed by atoms with E-state index in [1.54, 1.807) is 0 Å². The molecule has 1 aromatic heterocycles. The minimum Gasteiger partial charge on any atom is -0.460 e. The fourth-order valence-corrected chi connectivity index (χ4v) is 2.43. The predicted molar refractivity (Wildman–Crippen MR) is 82.0 cm³/mol. The molecule has 21 heavy (non-hydrogen) atoms. The Balaban J connectivity index is 2.14. The van der Waals surface area contributed by atoms with E-state index in [1.165, 1.54) is 0 Å². The molecule has 0 aromatic carbocycles. The van der Waals surface area contributed by atoms with Crippen LogP contribution in [-0.2, 0) is 4.74 Å². The first-order valence-electron chi connectivity index (χ1n) is 7.47. The van der Waals surface area contributed by atoms with Gasteiger partial charge < -0.3 is 19.7 Å². The number of nitrogens with one attached hydrogen (secondary N) is 1. The van der Waals surface area contributed by atoms with E-state index in [9.17, 15) is 0 Å². The molecular weight excluding hydrogens is 270 g/mol. The van der Waals surface area contributed by atoms with Crippen LogP contribution < -0.4 is 15.0 Å². The quantitative estimate of drug-likeness (QED) is 0.886. The number of hydrogen-bond donors (Lipinski definition) is 1. The minimum atomic E-state index is 0.0793. The number of ether oxygens (including phenoxy) is 2. The molecule has 2 heterocycles. The molecule has 0 bridgehead atoms. The number of rotatable bonds is 5. The van der Waals surface area contributed by atoms with Crippen molar-refractivity contribution >= 4 is 11.9 Å². The Bertz CT molecular complexity index is 459. The summed E-state index contributed by atoms with van der Waals surface area (Å²) in [7, 11) is 3.79. The van der Waals surface area contributed by atoms with Crippen LogP contribution in [0.4, 0.5) is 11.9 Å². The highest BCUT2D eigenvalue weighted by Crippen LogP contribution is 2.23. The van der Waals surface area contributed by atoms with Gasteiger partial charge in [0.2, 0.25) is 11.9 Å². The average molecular weight is 295 g/mol. The Morgan fingerprint density at radius 3 is 2.43 bits per heavy atom. The zero-order chi connectivity index (χ0) is 15.4. The van der Waals surface area contributed by atoms with E-state index in [4.69, 9.17) is 9.47 Å². The highest BCUT2D eigenvalue weighted by molar-refractivity contribution is 5.36. The van der Waals surface area contributed by atoms with E-state index in [0.29, 0.717) is 17.9 Å². The lowest BCUT2D eigenvalue weighted by molar-refractivity contribution is -0.0738. The van der Waals surface area contributed by atoms with E-state index in [-0.39, 0.29) is 18.3 Å². The normalized spacial score (nSPS) is 25.5. The van der Waals surface area contributed by atoms with Gasteiger partial charge in [0.25, 0.3) is 0 Å². The van der Waals surface area contributed by atoms with E-state index in [1.807, 2.05) is 25.9 Å². The summed E-state index contributed by atoms with van der Waals surface area (Å²) >= 11 is 0. The maximum atomic E-state index is 5.97. The third-order valence-corrected chi connectivity index (χ3v) is 3.26. The van der Waals surface area contributed by atoms with Crippen molar-refractivity contribution in [2.45, 2.75) is 51.9 Å². The zero-order valence-electron chi connectivity index (χ0n) is 13.5. The second-order valence-corrected chi connectivity index (χ2v) is 5.63. The monoisotopic (exact) mass is 295 g/mol. The molecule has 1 aromatic rings. The SMILES string of the molecule is CCNc1nc(OC2CC(C)OC(C)C2)nc(N(C)C)n1. The standard InChI is InChI=1S/C14H25N5O2/c1-6-15-12-16-13(19(4)5)18-14(17-12)21-11-7-9(2)20-10(3)8-11/h9-11H,6-8H2,1-5H3,(H,15,16,17,18). The summed E-state index contributed by atoms with van der Waals surface area (Å²) in [6.45, 7) is 6.88. The second-order valence-electron chi connectivity index (χ2n) is 5.63. The first-order valence-corrected chi connectivity index (χ1v) is 7.47. The first-order chi connectivity index (χ1) is 9.97. The largest absolute Gasteiger partial charge is 0.460 e. The van der Waals surface area contributed by atoms with Crippen LogP contribution in [-0.4, -0.2) is 53.9 Å². The number of aromatic nitrogens is 3. The van der Waals surface area contributed by atoms with Crippen molar-refractivity contribution in [2.24, 2.45) is 0 Å². The molecule has 0 saturated carbocycles. The van der Waals surface area contributed by atoms with Crippen molar-refractivity contribution < 1.29 is 9.47 Å². The third kappa shape index (κ3) is 4.42. The van der Waals surface area contributed by atoms with Gasteiger partial charge in [0.05, 0.1) is 12.2 Å². The van der Waals surface area contributed by atoms with Crippen LogP contribution in [0, 0.1) is 0 Å². The number of nitrogens with zero attached hydrogens (tertiary/aromatic N) is 4. The molecule has 7 nitrogen and oxygen atoms in total. The van der Waals surface area contributed by atoms with Crippen LogP contribution in [0.15, 0.2) is 0 Å². The molecule has 2 unspecified atom stereocenters. The van der Waals surface area contributed by atoms with Crippen LogP contribution in [0.25, 0.3) is 0 Å². The van der Waals surface area contributed by atoms with Gasteiger partial charge in [-0.2, -0.15) is 15.0 Å². The van der Waals surface area contributed by atoms with Gasteiger partial charge in [-0.25, -0.2) is 0 Å². The second kappa shape index (κ2) is 6.89. The molecular formula is C14H25N5O2. The van der Waals surface area contributed by atoms with Crippen molar-refractivity contribution in [2.75, 3.05) is 30.9 Å². The molecule has 1 fully saturated rings. The Morgan fingerprint density at radius 2 is 1.86 bits per heavy atom. The molecule has 1 saturated heterocycles. The lowest BCUT2D eigenvalue weighted by atomic mass is 10.0. The van der Waals surface area contributed by atoms with E-state index in [2.05, 4.69) is 34.1 Å². The molecule has 0 radical (unpaired) electrons. The first kappa shape index (κ1) is 15.8. The number of hydrogen-bond acceptors (Lipinski definition) is 7. The average Bonchev–Trinajstić information content (AvgIpc) is 2.37. The Morgan fingerprint density at radius 1 is 1.19 bits per heavy atom. The highest BCUT2D eigenvalue weighted by atomic mass is 16.5. The molecule has 2 atom stereocenters. The minimum absolute atomic E-state index is 0.0793. The molecule has 118 valence electrons. The fourth-order valence-electron chi connectivity index (χ4n) is 2.43. The number of anilines is 2. The van der Waals surface area contributed by atoms with Gasteiger partial charge in [-0.05, 0) is 20.8 Å². The summed E-state index contributed by atoms with van der Waals surface area (Å²) in [6.07, 6.45) is 2.17. The summed E-state index contributed by atoms with van der Waals surface area (Å²) in [5.74, 6) is 1.13. The topological polar surface area (TPSA) is 72.4 Å². The van der Waals surface area contributed by atoms with Crippen molar-refractivity contribution in [3.8, 4) is 6.01 Å². The molecule has 0 spiro atoms. The molecule has 1 aliphatic rings. The molecule has 1 aliphatic heterocycles. The Labute approximate surface area is 126 Å². The third-order valence-electron chi connectivity index (χ3n) is 3.26. The molecule has 0 aliphatic carbocycles. The maximum Gasteiger partial charge on any atom is 0.323 e. The van der Waals surface area contributed by atoms with E-state index in [0.717, 1.165) is 19.4 Å². The van der Waals surface area contributed by atoms with E-state index >= 15 is 0 Å². The van der Waals surface area contributed by atoms with Gasteiger partial charge >= 0.3 is 6.01 Å². The van der Waals surface area contributed by atoms with Gasteiger partial charge in [0, 0.05) is 33.5 Å². The lowest BCUT2D eigenvalue weighted by Gasteiger charge is -2.31. The van der Waals surface area contributed by atoms with Crippen molar-refractivity contribution in [3.05, 3.63) is 0 Å². The summed E-state index contributed by atoms with van der Waals surface area (Å²) < 4.78 is 11.7. The Kier molecular flexibility index (Phi) is 5.17. The molecule has 1 N–H and O–H groups in total. The predicted octanol–water partition coefficient (Wildman–Crippen LogP) is 1.70. The van der Waals surface area contributed by atoms with Crippen LogP contribution >= 0.6 is 0 Å². The summed E-state index contributed by atoms with van der Waals surface area (Å²) in [5, 5.41) is 3.10. The fraction of sp³-hybridized carbons (Fsp3) is 0.786. The van der Waals surface area contributed by atoms with Crippen molar-refractivity contribution in [3.63, 3.8) is 0 Å². The highest BCUT2D eigenvalue weighted by Gasteiger charge is 2.26. The van der Waals surface area contributed by atoms with Gasteiger partial charge in [0.15, 0.2) is 0 Å². The van der Waals surface area contributed by atoms with Gasteiger partial charge in [0.1, 0.15) is 6.10 Å². The Hall–Kier alpha value is -1.63. The summed E-state index contributed by atoms with van der Waals surface area (Å²) in [6, 6.07) is 0.371. The van der Waals surface area contributed by atoms with E-state index < -0.39 is 0 Å². The lowest BCUT2D eigenvalue weighted by Crippen LogP contribution is -2.36. The van der Waals surface area contributed by atoms with Gasteiger partial charge in [-0.1, -0.05) is 0 Å². The van der Waals surface area contributed by atoms with Gasteiger partial charge in [-0.3, -0.25) is 0 Å². The molecule has 2 rings (SSSR count). The summed E-state index contributed by atoms with van der Waals surface area (Å²) in [5.41, 5.74) is 0. The maximum absolute atomic E-state index is 5.97. The van der Waals surface area contributed by atoms with Crippen LogP contribution in [0.2, 0.25) is 0 Å². The van der Waals surface area contributed by atoms with Crippen LogP contribution in [0.1, 0.15) is 33.6 Å². The summed E-state index contributed by atoms with van der Waals surface area (Å²) in [4.78, 5) is 14.9. The zero-order valence-corrected chi connectivity index (χ0v) is 13.5. The molecule has 7 heteroatoms. The van der Waals surface area contributed by atoms with Crippen LogP contribution in [0.3, 0.4) is 0 Å². The van der Waals surface area contributed by atoms with Gasteiger partial charge in [-0.15, -0.1) is 0 Å². The van der Waals surface area contributed by atoms with Crippen LogP contribution in [0.5, 0.6) is 6.01 Å². The van der Waals surface area contributed by atoms with Crippen molar-refractivity contribution in [1.29, 1.82) is 0 Å².